The summed E-state index contributed by atoms with van der Waals surface area (Å²) in [4.78, 5) is 13.3. The monoisotopic (exact) mass is 1150 g/mol. The van der Waals surface area contributed by atoms with Crippen LogP contribution in [-0.2, 0) is 23.7 Å². The van der Waals surface area contributed by atoms with Crippen molar-refractivity contribution in [3.05, 3.63) is 36.5 Å². The maximum Gasteiger partial charge on any atom is 0.220 e. The van der Waals surface area contributed by atoms with E-state index in [4.69, 9.17) is 18.9 Å². The van der Waals surface area contributed by atoms with Gasteiger partial charge < -0.3 is 65.1 Å². The fourth-order valence-corrected chi connectivity index (χ4v) is 11.2. The molecule has 1 amide bonds. The number of hydrogen-bond acceptors (Lipinski definition) is 13. The highest BCUT2D eigenvalue weighted by molar-refractivity contribution is 5.76. The predicted octanol–water partition coefficient (Wildman–Crippen LogP) is 13.0. The lowest BCUT2D eigenvalue weighted by molar-refractivity contribution is -0.359. The quantitative estimate of drug-likeness (QED) is 0.0204. The van der Waals surface area contributed by atoms with Crippen molar-refractivity contribution in [2.45, 2.75) is 364 Å². The molecule has 0 aromatic carbocycles. The predicted molar refractivity (Wildman–Crippen MR) is 328 cm³/mol. The average molecular weight is 1150 g/mol. The van der Waals surface area contributed by atoms with Crippen LogP contribution in [0.2, 0.25) is 0 Å². The highest BCUT2D eigenvalue weighted by Crippen LogP contribution is 2.30. The molecule has 2 aliphatic heterocycles. The third-order valence-electron chi connectivity index (χ3n) is 16.6. The van der Waals surface area contributed by atoms with Crippen LogP contribution in [0.5, 0.6) is 0 Å². The first-order chi connectivity index (χ1) is 39.6. The Bertz CT molecular complexity index is 1500. The highest BCUT2D eigenvalue weighted by atomic mass is 16.7. The van der Waals surface area contributed by atoms with E-state index >= 15 is 0 Å². The molecular weight excluding hydrogens is 1030 g/mol. The molecule has 12 atom stereocenters. The second-order valence-corrected chi connectivity index (χ2v) is 24.0. The number of allylic oxidation sites excluding steroid dienone is 6. The van der Waals surface area contributed by atoms with E-state index in [0.29, 0.717) is 12.8 Å². The largest absolute Gasteiger partial charge is 0.394 e. The van der Waals surface area contributed by atoms with E-state index < -0.39 is 86.8 Å². The van der Waals surface area contributed by atoms with Crippen LogP contribution in [0.25, 0.3) is 0 Å². The summed E-state index contributed by atoms with van der Waals surface area (Å²) in [5.74, 6) is -0.203. The minimum absolute atomic E-state index is 0.203. The fraction of sp³-hybridized carbons (Fsp3) is 0.896. The van der Waals surface area contributed by atoms with E-state index in [9.17, 15) is 45.6 Å². The molecule has 2 saturated heterocycles. The van der Waals surface area contributed by atoms with Gasteiger partial charge in [-0.05, 0) is 51.4 Å². The molecule has 2 heterocycles. The summed E-state index contributed by atoms with van der Waals surface area (Å²) < 4.78 is 22.9. The summed E-state index contributed by atoms with van der Waals surface area (Å²) in [5, 5.41) is 87.4. The number of carbonyl (C=O) groups excluding carboxylic acids is 1. The molecule has 2 fully saturated rings. The van der Waals surface area contributed by atoms with Gasteiger partial charge in [0, 0.05) is 6.42 Å². The second kappa shape index (κ2) is 52.5. The molecule has 81 heavy (non-hydrogen) atoms. The number of amides is 1. The number of carbonyl (C=O) groups is 1. The van der Waals surface area contributed by atoms with Crippen molar-refractivity contribution in [1.82, 2.24) is 5.32 Å². The zero-order chi connectivity index (χ0) is 58.8. The summed E-state index contributed by atoms with van der Waals surface area (Å²) >= 11 is 0. The highest BCUT2D eigenvalue weighted by Gasteiger charge is 2.51. The fourth-order valence-electron chi connectivity index (χ4n) is 11.2. The van der Waals surface area contributed by atoms with E-state index in [1.807, 2.05) is 0 Å². The number of unbranched alkanes of at least 4 members (excludes halogenated alkanes) is 36. The van der Waals surface area contributed by atoms with Gasteiger partial charge in [0.15, 0.2) is 12.6 Å². The van der Waals surface area contributed by atoms with Gasteiger partial charge in [-0.25, -0.2) is 0 Å². The number of nitrogens with one attached hydrogen (secondary N) is 1. The van der Waals surface area contributed by atoms with Gasteiger partial charge in [0.1, 0.15) is 48.8 Å². The topological polar surface area (TPSA) is 228 Å². The van der Waals surface area contributed by atoms with Gasteiger partial charge in [0.05, 0.1) is 32.0 Å². The second-order valence-electron chi connectivity index (χ2n) is 24.0. The summed E-state index contributed by atoms with van der Waals surface area (Å²) in [6.45, 7) is 2.88. The minimum atomic E-state index is -1.78. The van der Waals surface area contributed by atoms with Gasteiger partial charge in [-0.3, -0.25) is 4.79 Å². The number of ether oxygens (including phenoxy) is 4. The van der Waals surface area contributed by atoms with Crippen LogP contribution in [0.3, 0.4) is 0 Å². The molecule has 2 rings (SSSR count). The van der Waals surface area contributed by atoms with Crippen molar-refractivity contribution in [3.8, 4) is 0 Å². The first-order valence-electron chi connectivity index (χ1n) is 33.7. The van der Waals surface area contributed by atoms with Crippen LogP contribution >= 0.6 is 0 Å². The van der Waals surface area contributed by atoms with Crippen molar-refractivity contribution < 1.29 is 64.6 Å². The minimum Gasteiger partial charge on any atom is -0.394 e. The van der Waals surface area contributed by atoms with Crippen molar-refractivity contribution in [3.63, 3.8) is 0 Å². The van der Waals surface area contributed by atoms with Crippen LogP contribution in [-0.4, -0.2) is 140 Å². The zero-order valence-electron chi connectivity index (χ0n) is 51.5. The van der Waals surface area contributed by atoms with Crippen LogP contribution in [0.1, 0.15) is 290 Å². The first kappa shape index (κ1) is 75.3. The van der Waals surface area contributed by atoms with Crippen LogP contribution in [0, 0.1) is 0 Å². The Morgan fingerprint density at radius 2 is 0.815 bits per heavy atom. The van der Waals surface area contributed by atoms with E-state index in [2.05, 4.69) is 55.6 Å². The summed E-state index contributed by atoms with van der Waals surface area (Å²) in [5.41, 5.74) is 0. The van der Waals surface area contributed by atoms with E-state index in [1.54, 1.807) is 0 Å². The standard InChI is InChI=1S/C67H125NO13/c1-3-5-7-9-11-13-15-17-19-21-22-23-24-25-26-27-28-29-30-31-32-33-34-35-37-39-41-43-45-47-49-51-59(72)68-55(56(71)50-48-46-44-42-40-38-36-20-18-16-14-12-10-8-6-4-2)54-78-66-64(77)62(75)65(58(53-70)80-66)81-67-63(76)61(74)60(73)57(52-69)79-67/h15,17,21-22,24-25,55-58,60-67,69-71,73-77H,3-14,16,18-20,23,26-54H2,1-2H3,(H,68,72)/b17-15-,22-21-,25-24-. The normalized spacial score (nSPS) is 24.3. The number of hydrogen-bond donors (Lipinski definition) is 9. The molecule has 0 saturated carbocycles. The first-order valence-corrected chi connectivity index (χ1v) is 33.7. The number of aliphatic hydroxyl groups excluding tert-OH is 8. The summed E-state index contributed by atoms with van der Waals surface area (Å²) in [6.07, 6.45) is 48.7. The van der Waals surface area contributed by atoms with Gasteiger partial charge in [-0.2, -0.15) is 0 Å². The van der Waals surface area contributed by atoms with Gasteiger partial charge >= 0.3 is 0 Å². The Morgan fingerprint density at radius 1 is 0.444 bits per heavy atom. The summed E-state index contributed by atoms with van der Waals surface area (Å²) in [7, 11) is 0. The molecule has 0 radical (unpaired) electrons. The Labute approximate surface area is 493 Å². The van der Waals surface area contributed by atoms with E-state index in [-0.39, 0.29) is 12.5 Å². The molecule has 0 bridgehead atoms. The maximum atomic E-state index is 13.3. The molecule has 9 N–H and O–H groups in total. The lowest BCUT2D eigenvalue weighted by Gasteiger charge is -2.46. The molecule has 2 aliphatic rings. The number of aliphatic hydroxyl groups is 8. The molecule has 14 heteroatoms. The molecule has 0 spiro atoms. The van der Waals surface area contributed by atoms with Crippen LogP contribution < -0.4 is 5.32 Å². The Hall–Kier alpha value is -1.79. The van der Waals surface area contributed by atoms with Gasteiger partial charge in [-0.1, -0.05) is 269 Å². The Kier molecular flexibility index (Phi) is 48.8. The van der Waals surface area contributed by atoms with Crippen LogP contribution in [0.15, 0.2) is 36.5 Å². The van der Waals surface area contributed by atoms with Crippen molar-refractivity contribution >= 4 is 5.91 Å². The molecule has 476 valence electrons. The van der Waals surface area contributed by atoms with Crippen LogP contribution in [0.4, 0.5) is 0 Å². The SMILES string of the molecule is CCCCCCC/C=C\C/C=C\C/C=C\CCCCCCCCCCCCCCCCCCC(=O)NC(COC1OC(CO)C(OC2OC(CO)C(O)C(O)C2O)C(O)C1O)C(O)CCCCCCCCCCCCCCCCCC. The molecule has 0 aromatic rings. The molecule has 12 unspecified atom stereocenters. The third kappa shape index (κ3) is 37.4. The van der Waals surface area contributed by atoms with E-state index in [0.717, 1.165) is 64.2 Å². The lowest BCUT2D eigenvalue weighted by atomic mass is 9.97. The van der Waals surface area contributed by atoms with Crippen molar-refractivity contribution in [2.24, 2.45) is 0 Å². The third-order valence-corrected chi connectivity index (χ3v) is 16.6. The summed E-state index contributed by atoms with van der Waals surface area (Å²) in [6, 6.07) is -0.828. The lowest BCUT2D eigenvalue weighted by Crippen LogP contribution is -2.65. The molecule has 0 aliphatic carbocycles. The maximum absolute atomic E-state index is 13.3. The van der Waals surface area contributed by atoms with Gasteiger partial charge in [-0.15, -0.1) is 0 Å². The smallest absolute Gasteiger partial charge is 0.220 e. The van der Waals surface area contributed by atoms with Crippen molar-refractivity contribution in [2.75, 3.05) is 19.8 Å². The average Bonchev–Trinajstić information content (AvgIpc) is 3.47. The van der Waals surface area contributed by atoms with Crippen molar-refractivity contribution in [1.29, 1.82) is 0 Å². The zero-order valence-corrected chi connectivity index (χ0v) is 51.5. The molecule has 0 aromatic heterocycles. The van der Waals surface area contributed by atoms with E-state index in [1.165, 1.54) is 199 Å². The molecule has 14 nitrogen and oxygen atoms in total. The molecular formula is C67H125NO13. The Morgan fingerprint density at radius 3 is 1.25 bits per heavy atom. The van der Waals surface area contributed by atoms with Gasteiger partial charge in [0.2, 0.25) is 5.91 Å². The Balaban J connectivity index is 1.65. The van der Waals surface area contributed by atoms with Gasteiger partial charge in [0.25, 0.3) is 0 Å². The number of rotatable bonds is 55.